The quantitative estimate of drug-likeness (QED) is 0.193. The molecular formula is C47H30O. The predicted octanol–water partition coefficient (Wildman–Crippen LogP) is 12.4. The van der Waals surface area contributed by atoms with Crippen LogP contribution in [0.4, 0.5) is 0 Å². The zero-order valence-electron chi connectivity index (χ0n) is 26.2. The lowest BCUT2D eigenvalue weighted by Crippen LogP contribution is -2.28. The van der Waals surface area contributed by atoms with Crippen LogP contribution < -0.4 is 0 Å². The van der Waals surface area contributed by atoms with Crippen LogP contribution in [-0.2, 0) is 5.41 Å². The Morgan fingerprint density at radius 1 is 0.354 bits per heavy atom. The van der Waals surface area contributed by atoms with E-state index in [1.807, 2.05) is 12.1 Å². The molecule has 8 aromatic carbocycles. The van der Waals surface area contributed by atoms with Gasteiger partial charge in [-0.3, -0.25) is 0 Å². The van der Waals surface area contributed by atoms with E-state index in [9.17, 15) is 0 Å². The van der Waals surface area contributed by atoms with E-state index in [1.165, 1.54) is 66.4 Å². The molecular weight excluding hydrogens is 581 g/mol. The van der Waals surface area contributed by atoms with Crippen molar-refractivity contribution in [2.45, 2.75) is 5.41 Å². The highest BCUT2D eigenvalue weighted by Crippen LogP contribution is 2.58. The molecule has 1 heteroatoms. The maximum atomic E-state index is 6.18. The van der Waals surface area contributed by atoms with Crippen LogP contribution in [0.5, 0.6) is 0 Å². The lowest BCUT2D eigenvalue weighted by atomic mass is 9.66. The van der Waals surface area contributed by atoms with E-state index in [-0.39, 0.29) is 0 Å². The lowest BCUT2D eigenvalue weighted by Gasteiger charge is -2.35. The Hall–Kier alpha value is -6.18. The summed E-state index contributed by atoms with van der Waals surface area (Å²) in [4.78, 5) is 0. The minimum atomic E-state index is -0.513. The molecule has 0 atom stereocenters. The van der Waals surface area contributed by atoms with Crippen molar-refractivity contribution >= 4 is 32.7 Å². The molecule has 1 nitrogen and oxygen atoms in total. The standard InChI is InChI=1S/C47H30O/c1-4-12-31(13-5-1)35-23-25-38-40-26-22-32-20-21-33(34-24-27-45-42(29-34)39-18-10-11-19-44(39)48-45)28-41(32)46(40)47(43(38)30-35,36-14-6-2-7-15-36)37-16-8-3-9-17-37/h1-30H. The van der Waals surface area contributed by atoms with E-state index in [1.54, 1.807) is 0 Å². The highest BCUT2D eigenvalue weighted by Gasteiger charge is 2.47. The molecule has 0 fully saturated rings. The zero-order valence-corrected chi connectivity index (χ0v) is 26.2. The summed E-state index contributed by atoms with van der Waals surface area (Å²) in [7, 11) is 0. The number of hydrogen-bond acceptors (Lipinski definition) is 1. The van der Waals surface area contributed by atoms with Gasteiger partial charge in [0, 0.05) is 10.8 Å². The molecule has 1 aromatic heterocycles. The van der Waals surface area contributed by atoms with Crippen molar-refractivity contribution in [2.24, 2.45) is 0 Å². The fraction of sp³-hybridized carbons (Fsp3) is 0.0213. The van der Waals surface area contributed by atoms with E-state index in [2.05, 4.69) is 170 Å². The molecule has 48 heavy (non-hydrogen) atoms. The fourth-order valence-electron chi connectivity index (χ4n) is 8.21. The van der Waals surface area contributed by atoms with Gasteiger partial charge in [-0.05, 0) is 96.7 Å². The number of hydrogen-bond donors (Lipinski definition) is 0. The van der Waals surface area contributed by atoms with Crippen molar-refractivity contribution in [3.63, 3.8) is 0 Å². The second kappa shape index (κ2) is 10.4. The van der Waals surface area contributed by atoms with Gasteiger partial charge in [0.1, 0.15) is 11.2 Å². The van der Waals surface area contributed by atoms with Crippen molar-refractivity contribution in [3.8, 4) is 33.4 Å². The Morgan fingerprint density at radius 3 is 1.65 bits per heavy atom. The summed E-state index contributed by atoms with van der Waals surface area (Å²) in [6.07, 6.45) is 0. The molecule has 0 unspecified atom stereocenters. The number of para-hydroxylation sites is 1. The molecule has 1 aliphatic carbocycles. The normalized spacial score (nSPS) is 13.2. The first-order valence-corrected chi connectivity index (χ1v) is 16.6. The van der Waals surface area contributed by atoms with Gasteiger partial charge in [-0.1, -0.05) is 152 Å². The van der Waals surface area contributed by atoms with Gasteiger partial charge in [0.2, 0.25) is 0 Å². The summed E-state index contributed by atoms with van der Waals surface area (Å²) in [5, 5.41) is 4.80. The molecule has 0 radical (unpaired) electrons. The molecule has 0 spiro atoms. The Labute approximate surface area is 279 Å². The van der Waals surface area contributed by atoms with Crippen LogP contribution in [0.25, 0.3) is 66.1 Å². The van der Waals surface area contributed by atoms with Crippen LogP contribution in [0.15, 0.2) is 186 Å². The van der Waals surface area contributed by atoms with Crippen LogP contribution in [0.2, 0.25) is 0 Å². The monoisotopic (exact) mass is 610 g/mol. The molecule has 9 aromatic rings. The Balaban J connectivity index is 1.29. The van der Waals surface area contributed by atoms with Gasteiger partial charge in [0.05, 0.1) is 5.41 Å². The SMILES string of the molecule is c1ccc(-c2ccc3c(c2)C(c2ccccc2)(c2ccccc2)c2c-3ccc3ccc(-c4ccc5oc6ccccc6c5c4)cc23)cc1. The third kappa shape index (κ3) is 3.85. The number of fused-ring (bicyclic) bond motifs is 8. The summed E-state index contributed by atoms with van der Waals surface area (Å²) in [6.45, 7) is 0. The van der Waals surface area contributed by atoms with Crippen molar-refractivity contribution in [1.82, 2.24) is 0 Å². The summed E-state index contributed by atoms with van der Waals surface area (Å²) in [6, 6.07) is 66.5. The van der Waals surface area contributed by atoms with Crippen LogP contribution in [0, 0.1) is 0 Å². The van der Waals surface area contributed by atoms with Crippen LogP contribution in [0.3, 0.4) is 0 Å². The first-order chi connectivity index (χ1) is 23.8. The highest BCUT2D eigenvalue weighted by atomic mass is 16.3. The van der Waals surface area contributed by atoms with Gasteiger partial charge in [0.25, 0.3) is 0 Å². The number of benzene rings is 8. The molecule has 10 rings (SSSR count). The van der Waals surface area contributed by atoms with Gasteiger partial charge >= 0.3 is 0 Å². The second-order valence-electron chi connectivity index (χ2n) is 12.8. The Bertz CT molecular complexity index is 2610. The predicted molar refractivity (Wildman–Crippen MR) is 199 cm³/mol. The molecule has 0 aliphatic heterocycles. The minimum Gasteiger partial charge on any atom is -0.456 e. The van der Waals surface area contributed by atoms with Gasteiger partial charge < -0.3 is 4.42 Å². The van der Waals surface area contributed by atoms with Gasteiger partial charge in [-0.25, -0.2) is 0 Å². The minimum absolute atomic E-state index is 0.513. The van der Waals surface area contributed by atoms with Gasteiger partial charge in [-0.15, -0.1) is 0 Å². The average Bonchev–Trinajstić information content (AvgIpc) is 3.69. The van der Waals surface area contributed by atoms with E-state index in [0.29, 0.717) is 0 Å². The third-order valence-electron chi connectivity index (χ3n) is 10.3. The molecule has 1 heterocycles. The molecule has 0 bridgehead atoms. The van der Waals surface area contributed by atoms with Crippen LogP contribution in [-0.4, -0.2) is 0 Å². The maximum Gasteiger partial charge on any atom is 0.135 e. The Kier molecular flexibility index (Phi) is 5.86. The molecule has 224 valence electrons. The van der Waals surface area contributed by atoms with Crippen molar-refractivity contribution < 1.29 is 4.42 Å². The molecule has 0 saturated heterocycles. The van der Waals surface area contributed by atoms with Crippen molar-refractivity contribution in [2.75, 3.05) is 0 Å². The zero-order chi connectivity index (χ0) is 31.7. The van der Waals surface area contributed by atoms with Crippen molar-refractivity contribution in [1.29, 1.82) is 0 Å². The highest BCUT2D eigenvalue weighted by molar-refractivity contribution is 6.07. The Morgan fingerprint density at radius 2 is 0.896 bits per heavy atom. The van der Waals surface area contributed by atoms with E-state index < -0.39 is 5.41 Å². The topological polar surface area (TPSA) is 13.1 Å². The molecule has 1 aliphatic rings. The van der Waals surface area contributed by atoms with Gasteiger partial charge in [-0.2, -0.15) is 0 Å². The van der Waals surface area contributed by atoms with Gasteiger partial charge in [0.15, 0.2) is 0 Å². The molecule has 0 N–H and O–H groups in total. The number of rotatable bonds is 4. The van der Waals surface area contributed by atoms with Crippen molar-refractivity contribution in [3.05, 3.63) is 204 Å². The van der Waals surface area contributed by atoms with Crippen LogP contribution >= 0.6 is 0 Å². The van der Waals surface area contributed by atoms with E-state index in [0.717, 1.165) is 21.9 Å². The molecule has 0 saturated carbocycles. The second-order valence-corrected chi connectivity index (χ2v) is 12.8. The van der Waals surface area contributed by atoms with E-state index in [4.69, 9.17) is 4.42 Å². The maximum absolute atomic E-state index is 6.18. The van der Waals surface area contributed by atoms with Crippen LogP contribution in [0.1, 0.15) is 22.3 Å². The first kappa shape index (κ1) is 27.0. The lowest BCUT2D eigenvalue weighted by molar-refractivity contribution is 0.669. The largest absolute Gasteiger partial charge is 0.456 e. The summed E-state index contributed by atoms with van der Waals surface area (Å²) in [5.74, 6) is 0. The average molecular weight is 611 g/mol. The molecule has 0 amide bonds. The summed E-state index contributed by atoms with van der Waals surface area (Å²) >= 11 is 0. The number of furan rings is 1. The summed E-state index contributed by atoms with van der Waals surface area (Å²) in [5.41, 5.74) is 13.9. The first-order valence-electron chi connectivity index (χ1n) is 16.6. The van der Waals surface area contributed by atoms with E-state index >= 15 is 0 Å². The third-order valence-corrected chi connectivity index (χ3v) is 10.3. The smallest absolute Gasteiger partial charge is 0.135 e. The summed E-state index contributed by atoms with van der Waals surface area (Å²) < 4.78 is 6.18. The fourth-order valence-corrected chi connectivity index (χ4v) is 8.21.